The number of rotatable bonds is 3. The largest absolute Gasteiger partial charge is 0.296 e. The molecule has 3 nitrogen and oxygen atoms in total. The van der Waals surface area contributed by atoms with Gasteiger partial charge < -0.3 is 0 Å². The monoisotopic (exact) mass is 177 g/mol. The highest BCUT2D eigenvalue weighted by Crippen LogP contribution is 2.21. The maximum absolute atomic E-state index is 4.01. The molecule has 2 heterocycles. The molecule has 1 aromatic rings. The highest BCUT2D eigenvalue weighted by atomic mass is 15.2. The van der Waals surface area contributed by atoms with Crippen LogP contribution in [0, 0.1) is 0 Å². The van der Waals surface area contributed by atoms with E-state index in [1.807, 2.05) is 12.4 Å². The SMILES string of the molecule is CCC1CCN1Cc1cncnc1. The quantitative estimate of drug-likeness (QED) is 0.700. The van der Waals surface area contributed by atoms with Crippen molar-refractivity contribution in [2.45, 2.75) is 32.4 Å². The number of hydrogen-bond acceptors (Lipinski definition) is 3. The van der Waals surface area contributed by atoms with Crippen LogP contribution >= 0.6 is 0 Å². The lowest BCUT2D eigenvalue weighted by Gasteiger charge is -2.40. The van der Waals surface area contributed by atoms with Crippen molar-refractivity contribution in [3.05, 3.63) is 24.3 Å². The molecule has 13 heavy (non-hydrogen) atoms. The number of likely N-dealkylation sites (tertiary alicyclic amines) is 1. The molecule has 0 radical (unpaired) electrons. The Morgan fingerprint density at radius 3 is 2.77 bits per heavy atom. The van der Waals surface area contributed by atoms with Gasteiger partial charge in [0.15, 0.2) is 0 Å². The highest BCUT2D eigenvalue weighted by Gasteiger charge is 2.25. The average Bonchev–Trinajstić information content (AvgIpc) is 2.15. The Morgan fingerprint density at radius 2 is 2.23 bits per heavy atom. The van der Waals surface area contributed by atoms with Gasteiger partial charge in [-0.25, -0.2) is 9.97 Å². The van der Waals surface area contributed by atoms with Crippen LogP contribution in [0.5, 0.6) is 0 Å². The predicted octanol–water partition coefficient (Wildman–Crippen LogP) is 1.46. The Balaban J connectivity index is 1.92. The standard InChI is InChI=1S/C10H15N3/c1-2-10-3-4-13(10)7-9-5-11-8-12-6-9/h5-6,8,10H,2-4,7H2,1H3. The summed E-state index contributed by atoms with van der Waals surface area (Å²) in [5, 5.41) is 0. The summed E-state index contributed by atoms with van der Waals surface area (Å²) in [4.78, 5) is 10.5. The van der Waals surface area contributed by atoms with Crippen LogP contribution in [0.2, 0.25) is 0 Å². The van der Waals surface area contributed by atoms with Gasteiger partial charge in [-0.05, 0) is 12.8 Å². The minimum absolute atomic E-state index is 0.792. The van der Waals surface area contributed by atoms with Gasteiger partial charge in [-0.3, -0.25) is 4.90 Å². The van der Waals surface area contributed by atoms with Crippen LogP contribution in [-0.4, -0.2) is 27.5 Å². The van der Waals surface area contributed by atoms with Crippen LogP contribution < -0.4 is 0 Å². The zero-order chi connectivity index (χ0) is 9.10. The second-order valence-electron chi connectivity index (χ2n) is 3.57. The molecule has 1 unspecified atom stereocenters. The number of nitrogens with zero attached hydrogens (tertiary/aromatic N) is 3. The molecule has 0 spiro atoms. The maximum atomic E-state index is 4.01. The molecule has 1 aliphatic heterocycles. The molecule has 1 saturated heterocycles. The zero-order valence-electron chi connectivity index (χ0n) is 7.98. The Kier molecular flexibility index (Phi) is 2.54. The lowest BCUT2D eigenvalue weighted by Crippen LogP contribution is -2.46. The third-order valence-electron chi connectivity index (χ3n) is 2.74. The lowest BCUT2D eigenvalue weighted by molar-refractivity contribution is 0.0789. The Morgan fingerprint density at radius 1 is 1.46 bits per heavy atom. The third kappa shape index (κ3) is 1.86. The molecule has 70 valence electrons. The first kappa shape index (κ1) is 8.63. The molecule has 0 amide bonds. The van der Waals surface area contributed by atoms with Crippen molar-refractivity contribution in [3.63, 3.8) is 0 Å². The van der Waals surface area contributed by atoms with Crippen molar-refractivity contribution in [2.24, 2.45) is 0 Å². The first-order valence-electron chi connectivity index (χ1n) is 4.88. The summed E-state index contributed by atoms with van der Waals surface area (Å²) in [5.74, 6) is 0. The van der Waals surface area contributed by atoms with E-state index in [0.29, 0.717) is 0 Å². The van der Waals surface area contributed by atoms with Gasteiger partial charge in [-0.1, -0.05) is 6.92 Å². The summed E-state index contributed by atoms with van der Waals surface area (Å²) in [6.45, 7) is 4.49. The molecule has 0 bridgehead atoms. The van der Waals surface area contributed by atoms with E-state index in [2.05, 4.69) is 21.8 Å². The van der Waals surface area contributed by atoms with Gasteiger partial charge in [0.05, 0.1) is 0 Å². The fraction of sp³-hybridized carbons (Fsp3) is 0.600. The maximum Gasteiger partial charge on any atom is 0.115 e. The second-order valence-corrected chi connectivity index (χ2v) is 3.57. The molecule has 1 fully saturated rings. The van der Waals surface area contributed by atoms with Crippen LogP contribution in [-0.2, 0) is 6.54 Å². The Hall–Kier alpha value is -0.960. The Labute approximate surface area is 78.8 Å². The van der Waals surface area contributed by atoms with Gasteiger partial charge >= 0.3 is 0 Å². The van der Waals surface area contributed by atoms with E-state index in [-0.39, 0.29) is 0 Å². The van der Waals surface area contributed by atoms with Gasteiger partial charge in [0, 0.05) is 37.1 Å². The zero-order valence-corrected chi connectivity index (χ0v) is 7.98. The molecule has 0 N–H and O–H groups in total. The van der Waals surface area contributed by atoms with Crippen molar-refractivity contribution in [1.82, 2.24) is 14.9 Å². The van der Waals surface area contributed by atoms with E-state index in [0.717, 1.165) is 12.6 Å². The highest BCUT2D eigenvalue weighted by molar-refractivity contribution is 5.03. The van der Waals surface area contributed by atoms with Gasteiger partial charge in [-0.15, -0.1) is 0 Å². The molecule has 0 aromatic carbocycles. The molecule has 0 aliphatic carbocycles. The molecule has 3 heteroatoms. The predicted molar refractivity (Wildman–Crippen MR) is 51.1 cm³/mol. The van der Waals surface area contributed by atoms with Crippen LogP contribution in [0.1, 0.15) is 25.3 Å². The first-order valence-corrected chi connectivity index (χ1v) is 4.88. The van der Waals surface area contributed by atoms with E-state index >= 15 is 0 Å². The van der Waals surface area contributed by atoms with Crippen molar-refractivity contribution < 1.29 is 0 Å². The summed E-state index contributed by atoms with van der Waals surface area (Å²) in [6.07, 6.45) is 7.99. The summed E-state index contributed by atoms with van der Waals surface area (Å²) in [6, 6.07) is 0.792. The van der Waals surface area contributed by atoms with Crippen LogP contribution in [0.25, 0.3) is 0 Å². The summed E-state index contributed by atoms with van der Waals surface area (Å²) in [5.41, 5.74) is 1.22. The van der Waals surface area contributed by atoms with E-state index in [1.165, 1.54) is 24.9 Å². The van der Waals surface area contributed by atoms with Gasteiger partial charge in [0.2, 0.25) is 0 Å². The van der Waals surface area contributed by atoms with Gasteiger partial charge in [0.25, 0.3) is 0 Å². The molecular formula is C10H15N3. The van der Waals surface area contributed by atoms with Crippen molar-refractivity contribution in [1.29, 1.82) is 0 Å². The van der Waals surface area contributed by atoms with E-state index < -0.39 is 0 Å². The number of aromatic nitrogens is 2. The smallest absolute Gasteiger partial charge is 0.115 e. The van der Waals surface area contributed by atoms with E-state index in [4.69, 9.17) is 0 Å². The van der Waals surface area contributed by atoms with E-state index in [1.54, 1.807) is 6.33 Å². The fourth-order valence-electron chi connectivity index (χ4n) is 1.81. The van der Waals surface area contributed by atoms with Crippen LogP contribution in [0.4, 0.5) is 0 Å². The normalized spacial score (nSPS) is 22.7. The third-order valence-corrected chi connectivity index (χ3v) is 2.74. The van der Waals surface area contributed by atoms with Crippen LogP contribution in [0.15, 0.2) is 18.7 Å². The van der Waals surface area contributed by atoms with Gasteiger partial charge in [-0.2, -0.15) is 0 Å². The lowest BCUT2D eigenvalue weighted by atomic mass is 10.00. The van der Waals surface area contributed by atoms with Crippen molar-refractivity contribution >= 4 is 0 Å². The van der Waals surface area contributed by atoms with Crippen LogP contribution in [0.3, 0.4) is 0 Å². The van der Waals surface area contributed by atoms with E-state index in [9.17, 15) is 0 Å². The van der Waals surface area contributed by atoms with Gasteiger partial charge in [0.1, 0.15) is 6.33 Å². The summed E-state index contributed by atoms with van der Waals surface area (Å²) >= 11 is 0. The minimum Gasteiger partial charge on any atom is -0.296 e. The molecule has 1 atom stereocenters. The van der Waals surface area contributed by atoms with Crippen molar-refractivity contribution in [2.75, 3.05) is 6.54 Å². The minimum atomic E-state index is 0.792. The first-order chi connectivity index (χ1) is 6.40. The summed E-state index contributed by atoms with van der Waals surface area (Å²) < 4.78 is 0. The second kappa shape index (κ2) is 3.83. The van der Waals surface area contributed by atoms with Crippen molar-refractivity contribution in [3.8, 4) is 0 Å². The molecule has 1 aliphatic rings. The molecule has 2 rings (SSSR count). The summed E-state index contributed by atoms with van der Waals surface area (Å²) in [7, 11) is 0. The Bertz CT molecular complexity index is 258. The molecule has 0 saturated carbocycles. The average molecular weight is 177 g/mol. The molecular weight excluding hydrogens is 162 g/mol. The number of hydrogen-bond donors (Lipinski definition) is 0. The molecule has 1 aromatic heterocycles. The fourth-order valence-corrected chi connectivity index (χ4v) is 1.81. The topological polar surface area (TPSA) is 29.0 Å².